The highest BCUT2D eigenvalue weighted by atomic mass is 16.5. The fourth-order valence-corrected chi connectivity index (χ4v) is 3.00. The van der Waals surface area contributed by atoms with E-state index in [0.29, 0.717) is 17.3 Å². The van der Waals surface area contributed by atoms with Crippen LogP contribution in [0.15, 0.2) is 53.2 Å². The van der Waals surface area contributed by atoms with Crippen LogP contribution in [0.1, 0.15) is 11.1 Å². The second-order valence-electron chi connectivity index (χ2n) is 6.40. The molecular formula is C20H17N5O. The number of aromatic nitrogens is 3. The highest BCUT2D eigenvalue weighted by Gasteiger charge is 2.15. The van der Waals surface area contributed by atoms with Crippen molar-refractivity contribution in [1.29, 1.82) is 5.26 Å². The van der Waals surface area contributed by atoms with Gasteiger partial charge in [-0.05, 0) is 25.7 Å². The van der Waals surface area contributed by atoms with Crippen molar-refractivity contribution in [1.82, 2.24) is 20.0 Å². The predicted octanol–water partition coefficient (Wildman–Crippen LogP) is 3.82. The number of benzene rings is 2. The van der Waals surface area contributed by atoms with Gasteiger partial charge < -0.3 is 14.4 Å². The van der Waals surface area contributed by atoms with Gasteiger partial charge in [0.15, 0.2) is 0 Å². The van der Waals surface area contributed by atoms with Crippen LogP contribution in [0.2, 0.25) is 0 Å². The minimum Gasteiger partial charge on any atom is -0.359 e. The van der Waals surface area contributed by atoms with Crippen molar-refractivity contribution >= 4 is 10.9 Å². The summed E-state index contributed by atoms with van der Waals surface area (Å²) in [7, 11) is 4.08. The molecule has 26 heavy (non-hydrogen) atoms. The number of rotatable bonds is 4. The van der Waals surface area contributed by atoms with E-state index < -0.39 is 0 Å². The number of hydrogen-bond donors (Lipinski definition) is 1. The molecule has 0 saturated carbocycles. The van der Waals surface area contributed by atoms with Gasteiger partial charge >= 0.3 is 0 Å². The van der Waals surface area contributed by atoms with E-state index in [0.717, 1.165) is 28.6 Å². The van der Waals surface area contributed by atoms with Crippen molar-refractivity contribution in [2.75, 3.05) is 14.1 Å². The summed E-state index contributed by atoms with van der Waals surface area (Å²) in [6.45, 7) is 0.883. The third kappa shape index (κ3) is 2.85. The maximum absolute atomic E-state index is 9.19. The van der Waals surface area contributed by atoms with E-state index in [1.807, 2.05) is 44.4 Å². The lowest BCUT2D eigenvalue weighted by Crippen LogP contribution is -2.10. The molecule has 6 nitrogen and oxygen atoms in total. The molecule has 1 N–H and O–H groups in total. The lowest BCUT2D eigenvalue weighted by Gasteiger charge is -2.09. The number of aromatic amines is 1. The van der Waals surface area contributed by atoms with Gasteiger partial charge in [0.05, 0.1) is 16.6 Å². The summed E-state index contributed by atoms with van der Waals surface area (Å²) >= 11 is 0. The van der Waals surface area contributed by atoms with Crippen LogP contribution in [-0.2, 0) is 6.54 Å². The zero-order valence-electron chi connectivity index (χ0n) is 14.5. The first-order valence-corrected chi connectivity index (χ1v) is 8.24. The molecule has 2 heterocycles. The lowest BCUT2D eigenvalue weighted by molar-refractivity contribution is 0.402. The van der Waals surface area contributed by atoms with Crippen LogP contribution in [-0.4, -0.2) is 34.1 Å². The minimum absolute atomic E-state index is 0.425. The first kappa shape index (κ1) is 16.1. The van der Waals surface area contributed by atoms with Gasteiger partial charge in [-0.1, -0.05) is 41.6 Å². The van der Waals surface area contributed by atoms with Crippen LogP contribution < -0.4 is 0 Å². The van der Waals surface area contributed by atoms with Crippen LogP contribution in [0.25, 0.3) is 33.7 Å². The van der Waals surface area contributed by atoms with E-state index in [-0.39, 0.29) is 0 Å². The Bertz CT molecular complexity index is 1100. The van der Waals surface area contributed by atoms with Crippen LogP contribution in [0.4, 0.5) is 0 Å². The molecule has 0 atom stereocenters. The zero-order valence-corrected chi connectivity index (χ0v) is 14.5. The lowest BCUT2D eigenvalue weighted by atomic mass is 10.1. The molecule has 2 aromatic heterocycles. The molecule has 0 aliphatic carbocycles. The third-order valence-electron chi connectivity index (χ3n) is 4.20. The van der Waals surface area contributed by atoms with Gasteiger partial charge in [0.2, 0.25) is 5.82 Å². The normalized spacial score (nSPS) is 11.2. The van der Waals surface area contributed by atoms with E-state index in [1.54, 1.807) is 6.20 Å². The Morgan fingerprint density at radius 3 is 2.69 bits per heavy atom. The summed E-state index contributed by atoms with van der Waals surface area (Å²) in [5.41, 5.74) is 4.33. The summed E-state index contributed by atoms with van der Waals surface area (Å²) in [6, 6.07) is 16.0. The Morgan fingerprint density at radius 1 is 1.15 bits per heavy atom. The summed E-state index contributed by atoms with van der Waals surface area (Å²) in [6.07, 6.45) is 1.69. The first-order chi connectivity index (χ1) is 12.7. The molecule has 0 fully saturated rings. The molecule has 0 aliphatic heterocycles. The Kier molecular flexibility index (Phi) is 3.99. The molecule has 0 aliphatic rings. The Hall–Kier alpha value is -3.43. The van der Waals surface area contributed by atoms with Crippen LogP contribution in [0, 0.1) is 11.3 Å². The van der Waals surface area contributed by atoms with E-state index >= 15 is 0 Å². The van der Waals surface area contributed by atoms with E-state index in [9.17, 15) is 5.26 Å². The second kappa shape index (κ2) is 6.47. The number of para-hydroxylation sites is 1. The summed E-state index contributed by atoms with van der Waals surface area (Å²) in [5, 5.41) is 14.1. The van der Waals surface area contributed by atoms with Crippen LogP contribution in [0.5, 0.6) is 0 Å². The Balaban J connectivity index is 1.69. The van der Waals surface area contributed by atoms with Crippen LogP contribution >= 0.6 is 0 Å². The number of H-pyrrole nitrogens is 1. The first-order valence-electron chi connectivity index (χ1n) is 8.24. The molecule has 0 amide bonds. The third-order valence-corrected chi connectivity index (χ3v) is 4.20. The van der Waals surface area contributed by atoms with Crippen molar-refractivity contribution in [3.63, 3.8) is 0 Å². The summed E-state index contributed by atoms with van der Waals surface area (Å²) < 4.78 is 5.48. The highest BCUT2D eigenvalue weighted by molar-refractivity contribution is 5.95. The van der Waals surface area contributed by atoms with Gasteiger partial charge in [0.1, 0.15) is 6.07 Å². The van der Waals surface area contributed by atoms with E-state index in [2.05, 4.69) is 38.2 Å². The molecule has 2 aromatic carbocycles. The molecule has 0 saturated heterocycles. The maximum atomic E-state index is 9.19. The summed E-state index contributed by atoms with van der Waals surface area (Å²) in [4.78, 5) is 9.78. The number of hydrogen-bond acceptors (Lipinski definition) is 5. The Labute approximate surface area is 150 Å². The number of nitriles is 1. The molecule has 4 rings (SSSR count). The molecule has 4 aromatic rings. The van der Waals surface area contributed by atoms with E-state index in [4.69, 9.17) is 4.52 Å². The molecule has 128 valence electrons. The Morgan fingerprint density at radius 2 is 1.96 bits per heavy atom. The van der Waals surface area contributed by atoms with Crippen molar-refractivity contribution in [3.8, 4) is 28.9 Å². The molecule has 0 spiro atoms. The molecule has 0 bridgehead atoms. The van der Waals surface area contributed by atoms with Gasteiger partial charge in [-0.2, -0.15) is 10.2 Å². The van der Waals surface area contributed by atoms with E-state index in [1.165, 1.54) is 5.56 Å². The predicted molar refractivity (Wildman–Crippen MR) is 99.1 cm³/mol. The van der Waals surface area contributed by atoms with Gasteiger partial charge in [-0.15, -0.1) is 0 Å². The maximum Gasteiger partial charge on any atom is 0.260 e. The van der Waals surface area contributed by atoms with Crippen molar-refractivity contribution in [3.05, 3.63) is 59.8 Å². The average Bonchev–Trinajstić information content (AvgIpc) is 3.28. The zero-order chi connectivity index (χ0) is 18.1. The number of nitrogens with one attached hydrogen (secondary N) is 1. The van der Waals surface area contributed by atoms with Gasteiger partial charge in [0, 0.05) is 23.7 Å². The van der Waals surface area contributed by atoms with Crippen molar-refractivity contribution < 1.29 is 4.52 Å². The fourth-order valence-electron chi connectivity index (χ4n) is 3.00. The standard InChI is InChI=1S/C20H17N5O/c1-25(2)12-13-6-8-14(9-7-13)19-23-20(26-24-19)17-5-3-4-16-15(10-21)11-22-18(16)17/h3-9,11,22H,12H2,1-2H3. The highest BCUT2D eigenvalue weighted by Crippen LogP contribution is 2.30. The number of nitrogens with zero attached hydrogens (tertiary/aromatic N) is 4. The summed E-state index contributed by atoms with van der Waals surface area (Å²) in [5.74, 6) is 0.967. The van der Waals surface area contributed by atoms with Crippen molar-refractivity contribution in [2.24, 2.45) is 0 Å². The monoisotopic (exact) mass is 343 g/mol. The SMILES string of the molecule is CN(C)Cc1ccc(-c2noc(-c3cccc4c(C#N)c[nH]c34)n2)cc1. The van der Waals surface area contributed by atoms with Gasteiger partial charge in [-0.25, -0.2) is 0 Å². The minimum atomic E-state index is 0.425. The van der Waals surface area contributed by atoms with Gasteiger partial charge in [0.25, 0.3) is 5.89 Å². The molecule has 6 heteroatoms. The molecule has 0 unspecified atom stereocenters. The molecular weight excluding hydrogens is 326 g/mol. The number of fused-ring (bicyclic) bond motifs is 1. The largest absolute Gasteiger partial charge is 0.359 e. The van der Waals surface area contributed by atoms with Crippen molar-refractivity contribution in [2.45, 2.75) is 6.54 Å². The fraction of sp³-hybridized carbons (Fsp3) is 0.150. The average molecular weight is 343 g/mol. The quantitative estimate of drug-likeness (QED) is 0.609. The smallest absolute Gasteiger partial charge is 0.260 e. The topological polar surface area (TPSA) is 81.7 Å². The second-order valence-corrected chi connectivity index (χ2v) is 6.40. The molecule has 0 radical (unpaired) electrons. The van der Waals surface area contributed by atoms with Gasteiger partial charge in [-0.3, -0.25) is 0 Å². The van der Waals surface area contributed by atoms with Crippen LogP contribution in [0.3, 0.4) is 0 Å².